The van der Waals surface area contributed by atoms with E-state index in [1.807, 2.05) is 0 Å². The standard InChI is InChI=1S/C14H25NO7/c1-2-3-4-5-14(19)22-9-8-20-7-6-15-12(16)10-21-11-13(17)18/h2-11H2,1H3,(H,15,16)(H,17,18). The average Bonchev–Trinajstić information content (AvgIpc) is 2.46. The first-order valence-electron chi connectivity index (χ1n) is 7.35. The molecule has 0 spiro atoms. The summed E-state index contributed by atoms with van der Waals surface area (Å²) >= 11 is 0. The Bertz CT molecular complexity index is 333. The van der Waals surface area contributed by atoms with E-state index < -0.39 is 18.5 Å². The van der Waals surface area contributed by atoms with Crippen LogP contribution in [0.2, 0.25) is 0 Å². The molecule has 0 aromatic heterocycles. The Balaban J connectivity index is 3.30. The van der Waals surface area contributed by atoms with Gasteiger partial charge in [0, 0.05) is 13.0 Å². The molecule has 2 N–H and O–H groups in total. The Labute approximate surface area is 130 Å². The minimum Gasteiger partial charge on any atom is -0.480 e. The molecule has 8 heteroatoms. The number of carbonyl (C=O) groups is 3. The first-order valence-corrected chi connectivity index (χ1v) is 7.35. The maximum Gasteiger partial charge on any atom is 0.329 e. The Hall–Kier alpha value is -1.67. The Morgan fingerprint density at radius 2 is 1.77 bits per heavy atom. The number of ether oxygens (including phenoxy) is 3. The Kier molecular flexibility index (Phi) is 13.2. The number of amides is 1. The molecule has 0 saturated carbocycles. The van der Waals surface area contributed by atoms with Crippen LogP contribution in [-0.4, -0.2) is 62.5 Å². The van der Waals surface area contributed by atoms with Crippen LogP contribution in [0.3, 0.4) is 0 Å². The fourth-order valence-corrected chi connectivity index (χ4v) is 1.45. The first kappa shape index (κ1) is 20.3. The monoisotopic (exact) mass is 319 g/mol. The molecule has 0 unspecified atom stereocenters. The summed E-state index contributed by atoms with van der Waals surface area (Å²) < 4.78 is 14.8. The molecule has 0 aromatic carbocycles. The third kappa shape index (κ3) is 14.7. The van der Waals surface area contributed by atoms with Crippen molar-refractivity contribution in [3.63, 3.8) is 0 Å². The molecule has 0 rings (SSSR count). The van der Waals surface area contributed by atoms with Crippen LogP contribution < -0.4 is 5.32 Å². The minimum absolute atomic E-state index is 0.195. The molecule has 0 aliphatic carbocycles. The first-order chi connectivity index (χ1) is 10.6. The van der Waals surface area contributed by atoms with Crippen LogP contribution >= 0.6 is 0 Å². The summed E-state index contributed by atoms with van der Waals surface area (Å²) in [7, 11) is 0. The highest BCUT2D eigenvalue weighted by molar-refractivity contribution is 5.77. The number of unbranched alkanes of at least 4 members (excludes halogenated alkanes) is 2. The number of carbonyl (C=O) groups excluding carboxylic acids is 2. The molecule has 8 nitrogen and oxygen atoms in total. The molecule has 0 atom stereocenters. The number of rotatable bonds is 14. The van der Waals surface area contributed by atoms with E-state index in [0.29, 0.717) is 6.42 Å². The lowest BCUT2D eigenvalue weighted by atomic mass is 10.2. The van der Waals surface area contributed by atoms with Crippen molar-refractivity contribution in [2.45, 2.75) is 32.6 Å². The lowest BCUT2D eigenvalue weighted by Crippen LogP contribution is -2.31. The van der Waals surface area contributed by atoms with Crippen molar-refractivity contribution >= 4 is 17.8 Å². The fraction of sp³-hybridized carbons (Fsp3) is 0.786. The lowest BCUT2D eigenvalue weighted by molar-refractivity contribution is -0.145. The third-order valence-electron chi connectivity index (χ3n) is 2.50. The fourth-order valence-electron chi connectivity index (χ4n) is 1.45. The van der Waals surface area contributed by atoms with E-state index in [9.17, 15) is 14.4 Å². The molecule has 128 valence electrons. The van der Waals surface area contributed by atoms with Crippen molar-refractivity contribution in [3.05, 3.63) is 0 Å². The summed E-state index contributed by atoms with van der Waals surface area (Å²) in [6, 6.07) is 0. The lowest BCUT2D eigenvalue weighted by Gasteiger charge is -2.07. The molecule has 0 fully saturated rings. The topological polar surface area (TPSA) is 111 Å². The SMILES string of the molecule is CCCCCC(=O)OCCOCCNC(=O)COCC(=O)O. The van der Waals surface area contributed by atoms with Gasteiger partial charge in [0.25, 0.3) is 0 Å². The van der Waals surface area contributed by atoms with Crippen molar-refractivity contribution in [2.24, 2.45) is 0 Å². The van der Waals surface area contributed by atoms with Crippen LogP contribution in [0.5, 0.6) is 0 Å². The van der Waals surface area contributed by atoms with Gasteiger partial charge in [-0.15, -0.1) is 0 Å². The predicted octanol–water partition coefficient (Wildman–Crippen LogP) is 0.344. The van der Waals surface area contributed by atoms with Crippen LogP contribution in [0.4, 0.5) is 0 Å². The molecule has 0 heterocycles. The number of hydrogen-bond acceptors (Lipinski definition) is 6. The van der Waals surface area contributed by atoms with E-state index in [0.717, 1.165) is 19.3 Å². The second-order valence-corrected chi connectivity index (χ2v) is 4.53. The number of nitrogens with one attached hydrogen (secondary N) is 1. The molecule has 0 aliphatic heterocycles. The van der Waals surface area contributed by atoms with E-state index in [1.54, 1.807) is 0 Å². The molecule has 0 aromatic rings. The van der Waals surface area contributed by atoms with Gasteiger partial charge in [-0.2, -0.15) is 0 Å². The third-order valence-corrected chi connectivity index (χ3v) is 2.50. The van der Waals surface area contributed by atoms with Gasteiger partial charge in [-0.3, -0.25) is 9.59 Å². The summed E-state index contributed by atoms with van der Waals surface area (Å²) in [5, 5.41) is 10.8. The van der Waals surface area contributed by atoms with Crippen molar-refractivity contribution in [2.75, 3.05) is 39.6 Å². The van der Waals surface area contributed by atoms with E-state index >= 15 is 0 Å². The maximum atomic E-state index is 11.3. The van der Waals surface area contributed by atoms with Gasteiger partial charge in [0.1, 0.15) is 19.8 Å². The van der Waals surface area contributed by atoms with Crippen LogP contribution in [-0.2, 0) is 28.6 Å². The molecule has 0 bridgehead atoms. The van der Waals surface area contributed by atoms with Crippen molar-refractivity contribution in [1.29, 1.82) is 0 Å². The molecule has 0 saturated heterocycles. The van der Waals surface area contributed by atoms with Gasteiger partial charge in [0.05, 0.1) is 13.2 Å². The van der Waals surface area contributed by atoms with Gasteiger partial charge < -0.3 is 24.6 Å². The minimum atomic E-state index is -1.12. The van der Waals surface area contributed by atoms with Crippen LogP contribution in [0.15, 0.2) is 0 Å². The highest BCUT2D eigenvalue weighted by Gasteiger charge is 2.04. The largest absolute Gasteiger partial charge is 0.480 e. The second-order valence-electron chi connectivity index (χ2n) is 4.53. The van der Waals surface area contributed by atoms with E-state index in [1.165, 1.54) is 0 Å². The molecular formula is C14H25NO7. The van der Waals surface area contributed by atoms with Crippen LogP contribution in [0, 0.1) is 0 Å². The number of aliphatic carboxylic acids is 1. The number of esters is 1. The smallest absolute Gasteiger partial charge is 0.329 e. The van der Waals surface area contributed by atoms with Gasteiger partial charge >= 0.3 is 11.9 Å². The predicted molar refractivity (Wildman–Crippen MR) is 77.4 cm³/mol. The van der Waals surface area contributed by atoms with Gasteiger partial charge in [-0.05, 0) is 6.42 Å². The molecular weight excluding hydrogens is 294 g/mol. The van der Waals surface area contributed by atoms with Crippen LogP contribution in [0.25, 0.3) is 0 Å². The second kappa shape index (κ2) is 14.3. The quantitative estimate of drug-likeness (QED) is 0.351. The Morgan fingerprint density at radius 3 is 2.45 bits per heavy atom. The van der Waals surface area contributed by atoms with Gasteiger partial charge in [-0.1, -0.05) is 19.8 Å². The van der Waals surface area contributed by atoms with Crippen LogP contribution in [0.1, 0.15) is 32.6 Å². The zero-order valence-electron chi connectivity index (χ0n) is 13.0. The van der Waals surface area contributed by atoms with Gasteiger partial charge in [0.15, 0.2) is 0 Å². The maximum absolute atomic E-state index is 11.3. The number of hydrogen-bond donors (Lipinski definition) is 2. The summed E-state index contributed by atoms with van der Waals surface area (Å²) in [4.78, 5) is 32.6. The van der Waals surface area contributed by atoms with Crippen molar-refractivity contribution in [1.82, 2.24) is 5.32 Å². The molecule has 0 radical (unpaired) electrons. The van der Waals surface area contributed by atoms with Gasteiger partial charge in [-0.25, -0.2) is 4.79 Å². The number of carboxylic acids is 1. The van der Waals surface area contributed by atoms with E-state index in [-0.39, 0.29) is 38.9 Å². The number of carboxylic acid groups (broad SMARTS) is 1. The van der Waals surface area contributed by atoms with Crippen molar-refractivity contribution < 1.29 is 33.7 Å². The highest BCUT2D eigenvalue weighted by atomic mass is 16.6. The van der Waals surface area contributed by atoms with Gasteiger partial charge in [0.2, 0.25) is 5.91 Å². The normalized spacial score (nSPS) is 10.2. The summed E-state index contributed by atoms with van der Waals surface area (Å²) in [6.07, 6.45) is 3.34. The van der Waals surface area contributed by atoms with E-state index in [4.69, 9.17) is 14.6 Å². The zero-order chi connectivity index (χ0) is 16.6. The summed E-state index contributed by atoms with van der Waals surface area (Å²) in [5.74, 6) is -1.76. The molecule has 1 amide bonds. The Morgan fingerprint density at radius 1 is 1.00 bits per heavy atom. The summed E-state index contributed by atoms with van der Waals surface area (Å²) in [6.45, 7) is 2.27. The zero-order valence-corrected chi connectivity index (χ0v) is 13.0. The van der Waals surface area contributed by atoms with Crippen molar-refractivity contribution in [3.8, 4) is 0 Å². The summed E-state index contributed by atoms with van der Waals surface area (Å²) in [5.41, 5.74) is 0. The highest BCUT2D eigenvalue weighted by Crippen LogP contribution is 2.00. The van der Waals surface area contributed by atoms with E-state index in [2.05, 4.69) is 17.0 Å². The molecule has 0 aliphatic rings. The molecule has 22 heavy (non-hydrogen) atoms. The average molecular weight is 319 g/mol.